The highest BCUT2D eigenvalue weighted by molar-refractivity contribution is 5.96. The van der Waals surface area contributed by atoms with Crippen molar-refractivity contribution in [3.05, 3.63) is 11.1 Å². The fourth-order valence-corrected chi connectivity index (χ4v) is 2.27. The van der Waals surface area contributed by atoms with Crippen LogP contribution in [0, 0.1) is 5.92 Å². The fourth-order valence-electron chi connectivity index (χ4n) is 2.27. The molecular formula is C15H29ClN2O. The Hall–Kier alpha value is -0.540. The van der Waals surface area contributed by atoms with Crippen LogP contribution >= 0.6 is 12.4 Å². The van der Waals surface area contributed by atoms with E-state index < -0.39 is 0 Å². The number of hydrogen-bond donors (Lipinski definition) is 1. The highest BCUT2D eigenvalue weighted by Crippen LogP contribution is 2.24. The SMILES string of the molecule is CCCCN1C(=O)C(C)=C(C)C1NCCC(C)C.Cl. The van der Waals surface area contributed by atoms with Crippen LogP contribution in [0.3, 0.4) is 0 Å². The van der Waals surface area contributed by atoms with E-state index in [2.05, 4.69) is 33.0 Å². The summed E-state index contributed by atoms with van der Waals surface area (Å²) in [6.07, 6.45) is 3.48. The summed E-state index contributed by atoms with van der Waals surface area (Å²) in [6, 6.07) is 0. The van der Waals surface area contributed by atoms with Crippen molar-refractivity contribution in [3.8, 4) is 0 Å². The molecule has 1 atom stereocenters. The van der Waals surface area contributed by atoms with Gasteiger partial charge in [-0.25, -0.2) is 0 Å². The Morgan fingerprint density at radius 3 is 2.47 bits per heavy atom. The van der Waals surface area contributed by atoms with Gasteiger partial charge in [-0.1, -0.05) is 27.2 Å². The van der Waals surface area contributed by atoms with Crippen LogP contribution in [0.4, 0.5) is 0 Å². The second-order valence-electron chi connectivity index (χ2n) is 5.70. The average molecular weight is 289 g/mol. The molecule has 0 fully saturated rings. The minimum absolute atomic E-state index is 0. The van der Waals surface area contributed by atoms with Crippen molar-refractivity contribution in [2.75, 3.05) is 13.1 Å². The first-order valence-electron chi connectivity index (χ1n) is 7.20. The number of unbranched alkanes of at least 4 members (excludes halogenated alkanes) is 1. The zero-order valence-corrected chi connectivity index (χ0v) is 13.8. The van der Waals surface area contributed by atoms with Crippen molar-refractivity contribution in [3.63, 3.8) is 0 Å². The molecule has 0 spiro atoms. The van der Waals surface area contributed by atoms with E-state index in [0.29, 0.717) is 5.92 Å². The summed E-state index contributed by atoms with van der Waals surface area (Å²) in [6.45, 7) is 12.5. The molecule has 0 aromatic rings. The largest absolute Gasteiger partial charge is 0.320 e. The zero-order chi connectivity index (χ0) is 13.7. The van der Waals surface area contributed by atoms with Crippen LogP contribution in [0.2, 0.25) is 0 Å². The number of nitrogens with zero attached hydrogens (tertiary/aromatic N) is 1. The van der Waals surface area contributed by atoms with Crippen molar-refractivity contribution in [1.29, 1.82) is 0 Å². The molecule has 0 radical (unpaired) electrons. The van der Waals surface area contributed by atoms with E-state index in [1.54, 1.807) is 0 Å². The number of carbonyl (C=O) groups excluding carboxylic acids is 1. The molecule has 3 nitrogen and oxygen atoms in total. The lowest BCUT2D eigenvalue weighted by Crippen LogP contribution is -2.46. The Morgan fingerprint density at radius 1 is 1.32 bits per heavy atom. The third-order valence-corrected chi connectivity index (χ3v) is 3.71. The van der Waals surface area contributed by atoms with Gasteiger partial charge in [0.2, 0.25) is 0 Å². The smallest absolute Gasteiger partial charge is 0.251 e. The lowest BCUT2D eigenvalue weighted by atomic mass is 10.1. The molecule has 0 aromatic heterocycles. The van der Waals surface area contributed by atoms with E-state index in [1.165, 1.54) is 5.57 Å². The normalized spacial score (nSPS) is 19.4. The minimum atomic E-state index is 0. The van der Waals surface area contributed by atoms with Gasteiger partial charge in [-0.3, -0.25) is 10.1 Å². The number of hydrogen-bond acceptors (Lipinski definition) is 2. The predicted octanol–water partition coefficient (Wildman–Crippen LogP) is 3.35. The summed E-state index contributed by atoms with van der Waals surface area (Å²) in [7, 11) is 0. The van der Waals surface area contributed by atoms with Crippen molar-refractivity contribution in [2.45, 2.75) is 60.0 Å². The summed E-state index contributed by atoms with van der Waals surface area (Å²) in [5.74, 6) is 0.909. The molecule has 0 aliphatic carbocycles. The molecule has 112 valence electrons. The zero-order valence-electron chi connectivity index (χ0n) is 13.0. The second kappa shape index (κ2) is 8.60. The fraction of sp³-hybridized carbons (Fsp3) is 0.800. The van der Waals surface area contributed by atoms with Gasteiger partial charge >= 0.3 is 0 Å². The van der Waals surface area contributed by atoms with Crippen LogP contribution in [0.5, 0.6) is 0 Å². The molecule has 1 aliphatic rings. The highest BCUT2D eigenvalue weighted by atomic mass is 35.5. The van der Waals surface area contributed by atoms with Crippen LogP contribution in [-0.2, 0) is 4.79 Å². The molecule has 1 rings (SSSR count). The van der Waals surface area contributed by atoms with Gasteiger partial charge < -0.3 is 4.90 Å². The molecule has 0 bridgehead atoms. The first kappa shape index (κ1) is 18.5. The first-order valence-corrected chi connectivity index (χ1v) is 7.20. The van der Waals surface area contributed by atoms with E-state index >= 15 is 0 Å². The lowest BCUT2D eigenvalue weighted by Gasteiger charge is -2.27. The second-order valence-corrected chi connectivity index (χ2v) is 5.70. The van der Waals surface area contributed by atoms with Crippen molar-refractivity contribution < 1.29 is 4.79 Å². The Kier molecular flexibility index (Phi) is 8.35. The first-order chi connectivity index (χ1) is 8.49. The van der Waals surface area contributed by atoms with Crippen molar-refractivity contribution >= 4 is 18.3 Å². The number of rotatable bonds is 7. The molecule has 1 heterocycles. The molecule has 0 aromatic carbocycles. The maximum absolute atomic E-state index is 12.2. The summed E-state index contributed by atoms with van der Waals surface area (Å²) >= 11 is 0. The van der Waals surface area contributed by atoms with Gasteiger partial charge in [0.1, 0.15) is 6.17 Å². The maximum Gasteiger partial charge on any atom is 0.251 e. The van der Waals surface area contributed by atoms with Crippen LogP contribution in [0.25, 0.3) is 0 Å². The molecule has 19 heavy (non-hydrogen) atoms. The summed E-state index contributed by atoms with van der Waals surface area (Å²) in [4.78, 5) is 14.2. The van der Waals surface area contributed by atoms with Crippen LogP contribution in [0.15, 0.2) is 11.1 Å². The van der Waals surface area contributed by atoms with Crippen LogP contribution in [-0.4, -0.2) is 30.1 Å². The van der Waals surface area contributed by atoms with Gasteiger partial charge in [0.15, 0.2) is 0 Å². The van der Waals surface area contributed by atoms with Gasteiger partial charge in [-0.05, 0) is 44.7 Å². The number of halogens is 1. The third kappa shape index (κ3) is 4.81. The molecule has 0 saturated carbocycles. The topological polar surface area (TPSA) is 32.3 Å². The molecule has 0 saturated heterocycles. The molecule has 1 amide bonds. The van der Waals surface area contributed by atoms with E-state index in [9.17, 15) is 4.79 Å². The van der Waals surface area contributed by atoms with Gasteiger partial charge in [0.05, 0.1) is 0 Å². The van der Waals surface area contributed by atoms with Gasteiger partial charge in [-0.15, -0.1) is 12.4 Å². The summed E-state index contributed by atoms with van der Waals surface area (Å²) < 4.78 is 0. The quantitative estimate of drug-likeness (QED) is 0.779. The Balaban J connectivity index is 0.00000324. The van der Waals surface area contributed by atoms with E-state index in [0.717, 1.165) is 37.9 Å². The number of amides is 1. The van der Waals surface area contributed by atoms with Crippen LogP contribution in [0.1, 0.15) is 53.9 Å². The molecule has 1 N–H and O–H groups in total. The van der Waals surface area contributed by atoms with Crippen LogP contribution < -0.4 is 5.32 Å². The predicted molar refractivity (Wildman–Crippen MR) is 83.5 cm³/mol. The van der Waals surface area contributed by atoms with E-state index in [1.807, 2.05) is 11.8 Å². The summed E-state index contributed by atoms with van der Waals surface area (Å²) in [5.41, 5.74) is 2.12. The average Bonchev–Trinajstić information content (AvgIpc) is 2.52. The molecular weight excluding hydrogens is 260 g/mol. The molecule has 1 unspecified atom stereocenters. The Labute approximate surface area is 124 Å². The van der Waals surface area contributed by atoms with E-state index in [-0.39, 0.29) is 24.5 Å². The Bertz CT molecular complexity index is 326. The standard InChI is InChI=1S/C15H28N2O.ClH/c1-6-7-10-17-14(16-9-8-11(2)3)12(4)13(5)15(17)18;/h11,14,16H,6-10H2,1-5H3;1H. The van der Waals surface area contributed by atoms with Gasteiger partial charge in [-0.2, -0.15) is 0 Å². The number of nitrogens with one attached hydrogen (secondary N) is 1. The van der Waals surface area contributed by atoms with Gasteiger partial charge in [0, 0.05) is 12.1 Å². The monoisotopic (exact) mass is 288 g/mol. The third-order valence-electron chi connectivity index (χ3n) is 3.71. The minimum Gasteiger partial charge on any atom is -0.320 e. The van der Waals surface area contributed by atoms with Crippen molar-refractivity contribution in [1.82, 2.24) is 10.2 Å². The number of carbonyl (C=O) groups is 1. The lowest BCUT2D eigenvalue weighted by molar-refractivity contribution is -0.127. The summed E-state index contributed by atoms with van der Waals surface area (Å²) in [5, 5.41) is 3.53. The maximum atomic E-state index is 12.2. The highest BCUT2D eigenvalue weighted by Gasteiger charge is 2.33. The Morgan fingerprint density at radius 2 is 1.95 bits per heavy atom. The molecule has 4 heteroatoms. The molecule has 1 aliphatic heterocycles. The van der Waals surface area contributed by atoms with E-state index in [4.69, 9.17) is 0 Å². The van der Waals surface area contributed by atoms with Crippen molar-refractivity contribution in [2.24, 2.45) is 5.92 Å². The van der Waals surface area contributed by atoms with Gasteiger partial charge in [0.25, 0.3) is 5.91 Å².